The molecule has 4 heteroatoms. The zero-order valence-corrected chi connectivity index (χ0v) is 14.1. The van der Waals surface area contributed by atoms with Crippen LogP contribution in [0.4, 0.5) is 0 Å². The molecular weight excluding hydrogens is 276 g/mol. The molecule has 22 heavy (non-hydrogen) atoms. The van der Waals surface area contributed by atoms with Crippen LogP contribution in [-0.2, 0) is 4.79 Å². The Balaban J connectivity index is 2.50. The highest BCUT2D eigenvalue weighted by molar-refractivity contribution is 5.73. The number of ether oxygens (including phenoxy) is 1. The molecule has 0 fully saturated rings. The maximum Gasteiger partial charge on any atom is 0.217 e. The zero-order chi connectivity index (χ0) is 16.3. The molecule has 1 aromatic rings. The van der Waals surface area contributed by atoms with E-state index < -0.39 is 0 Å². The van der Waals surface area contributed by atoms with Crippen LogP contribution in [0.15, 0.2) is 12.1 Å². The summed E-state index contributed by atoms with van der Waals surface area (Å²) in [7, 11) is 0. The molecule has 0 bridgehead atoms. The molecule has 0 saturated carbocycles. The van der Waals surface area contributed by atoms with E-state index in [1.165, 1.54) is 5.56 Å². The first-order chi connectivity index (χ1) is 10.4. The highest BCUT2D eigenvalue weighted by Crippen LogP contribution is 2.40. The van der Waals surface area contributed by atoms with Crippen LogP contribution in [0.2, 0.25) is 0 Å². The molecule has 1 aliphatic heterocycles. The molecule has 2 rings (SSSR count). The molecule has 0 spiro atoms. The van der Waals surface area contributed by atoms with E-state index in [-0.39, 0.29) is 18.0 Å². The van der Waals surface area contributed by atoms with Gasteiger partial charge in [0.2, 0.25) is 5.91 Å². The first kappa shape index (κ1) is 16.8. The molecule has 2 unspecified atom stereocenters. The summed E-state index contributed by atoms with van der Waals surface area (Å²) in [6.07, 6.45) is 2.77. The Morgan fingerprint density at radius 3 is 2.77 bits per heavy atom. The van der Waals surface area contributed by atoms with E-state index in [4.69, 9.17) is 10.5 Å². The Labute approximate surface area is 133 Å². The van der Waals surface area contributed by atoms with Gasteiger partial charge in [-0.1, -0.05) is 33.3 Å². The normalized spacial score (nSPS) is 18.5. The van der Waals surface area contributed by atoms with Gasteiger partial charge in [0.1, 0.15) is 5.75 Å². The Hall–Kier alpha value is -1.55. The third-order valence-electron chi connectivity index (χ3n) is 4.24. The molecule has 0 saturated heterocycles. The number of hydrogen-bond donors (Lipinski definition) is 2. The van der Waals surface area contributed by atoms with Crippen molar-refractivity contribution >= 4 is 5.91 Å². The lowest BCUT2D eigenvalue weighted by atomic mass is 9.88. The molecule has 1 amide bonds. The predicted octanol–water partition coefficient (Wildman–Crippen LogP) is 3.57. The third kappa shape index (κ3) is 3.61. The topological polar surface area (TPSA) is 64.3 Å². The molecule has 3 N–H and O–H groups in total. The number of amides is 1. The van der Waals surface area contributed by atoms with Crippen molar-refractivity contribution in [1.82, 2.24) is 5.32 Å². The standard InChI is InChI=1S/C18H28N2O2/c1-5-6-16(19)14-9-13(11(2)3)10-15-17(20-12(4)21)7-8-22-18(14)15/h9-11,16-17H,5-8,19H2,1-4H3,(H,20,21). The van der Waals surface area contributed by atoms with Gasteiger partial charge in [-0.15, -0.1) is 0 Å². The second-order valence-corrected chi connectivity index (χ2v) is 6.47. The first-order valence-corrected chi connectivity index (χ1v) is 8.27. The van der Waals surface area contributed by atoms with Crippen molar-refractivity contribution in [3.05, 3.63) is 28.8 Å². The van der Waals surface area contributed by atoms with Gasteiger partial charge in [0.25, 0.3) is 0 Å². The van der Waals surface area contributed by atoms with Crippen molar-refractivity contribution in [2.45, 2.75) is 65.0 Å². The van der Waals surface area contributed by atoms with Gasteiger partial charge in [-0.25, -0.2) is 0 Å². The molecule has 0 aromatic heterocycles. The summed E-state index contributed by atoms with van der Waals surface area (Å²) in [5.74, 6) is 1.29. The minimum atomic E-state index is -0.0199. The van der Waals surface area contributed by atoms with Crippen LogP contribution in [0, 0.1) is 0 Å². The minimum absolute atomic E-state index is 0.00722. The number of carbonyl (C=O) groups excluding carboxylic acids is 1. The summed E-state index contributed by atoms with van der Waals surface area (Å²) in [6, 6.07) is 4.35. The van der Waals surface area contributed by atoms with Gasteiger partial charge in [0.15, 0.2) is 0 Å². The van der Waals surface area contributed by atoms with E-state index in [1.54, 1.807) is 6.92 Å². The molecule has 0 aliphatic carbocycles. The molecule has 4 nitrogen and oxygen atoms in total. The van der Waals surface area contributed by atoms with Gasteiger partial charge in [0, 0.05) is 30.5 Å². The average molecular weight is 304 g/mol. The average Bonchev–Trinajstić information content (AvgIpc) is 2.46. The monoisotopic (exact) mass is 304 g/mol. The van der Waals surface area contributed by atoms with Crippen molar-refractivity contribution in [2.75, 3.05) is 6.61 Å². The number of hydrogen-bond acceptors (Lipinski definition) is 3. The van der Waals surface area contributed by atoms with Crippen LogP contribution in [0.1, 0.15) is 81.6 Å². The largest absolute Gasteiger partial charge is 0.493 e. The number of benzene rings is 1. The molecule has 1 aliphatic rings. The van der Waals surface area contributed by atoms with Crippen molar-refractivity contribution in [2.24, 2.45) is 5.73 Å². The summed E-state index contributed by atoms with van der Waals surface area (Å²) in [6.45, 7) is 8.66. The Kier molecular flexibility index (Phi) is 5.46. The maximum atomic E-state index is 11.5. The van der Waals surface area contributed by atoms with Crippen molar-refractivity contribution in [1.29, 1.82) is 0 Å². The van der Waals surface area contributed by atoms with Crippen LogP contribution in [0.25, 0.3) is 0 Å². The van der Waals surface area contributed by atoms with Gasteiger partial charge < -0.3 is 15.8 Å². The van der Waals surface area contributed by atoms with Crippen LogP contribution >= 0.6 is 0 Å². The second kappa shape index (κ2) is 7.14. The molecule has 1 heterocycles. The number of nitrogens with one attached hydrogen (secondary N) is 1. The fraction of sp³-hybridized carbons (Fsp3) is 0.611. The van der Waals surface area contributed by atoms with E-state index >= 15 is 0 Å². The van der Waals surface area contributed by atoms with Crippen LogP contribution in [0.3, 0.4) is 0 Å². The second-order valence-electron chi connectivity index (χ2n) is 6.47. The molecule has 122 valence electrons. The fourth-order valence-corrected chi connectivity index (χ4v) is 3.03. The van der Waals surface area contributed by atoms with Gasteiger partial charge in [0.05, 0.1) is 12.6 Å². The van der Waals surface area contributed by atoms with E-state index in [1.807, 2.05) is 0 Å². The number of nitrogens with two attached hydrogens (primary N) is 1. The zero-order valence-electron chi connectivity index (χ0n) is 14.1. The Morgan fingerprint density at radius 2 is 2.18 bits per heavy atom. The summed E-state index contributed by atoms with van der Waals surface area (Å²) in [5.41, 5.74) is 9.79. The first-order valence-electron chi connectivity index (χ1n) is 8.27. The number of carbonyl (C=O) groups is 1. The molecule has 1 aromatic carbocycles. The van der Waals surface area contributed by atoms with E-state index in [2.05, 4.69) is 38.2 Å². The number of rotatable bonds is 5. The highest BCUT2D eigenvalue weighted by atomic mass is 16.5. The van der Waals surface area contributed by atoms with Gasteiger partial charge in [-0.3, -0.25) is 4.79 Å². The molecule has 0 radical (unpaired) electrons. The quantitative estimate of drug-likeness (QED) is 0.874. The summed E-state index contributed by atoms with van der Waals surface area (Å²) in [4.78, 5) is 11.5. The van der Waals surface area contributed by atoms with E-state index in [0.717, 1.165) is 36.1 Å². The Bertz CT molecular complexity index is 540. The number of fused-ring (bicyclic) bond motifs is 1. The molecular formula is C18H28N2O2. The Morgan fingerprint density at radius 1 is 1.45 bits per heavy atom. The fourth-order valence-electron chi connectivity index (χ4n) is 3.03. The van der Waals surface area contributed by atoms with Crippen LogP contribution < -0.4 is 15.8 Å². The summed E-state index contributed by atoms with van der Waals surface area (Å²) in [5, 5.41) is 3.04. The van der Waals surface area contributed by atoms with Gasteiger partial charge in [-0.05, 0) is 24.0 Å². The third-order valence-corrected chi connectivity index (χ3v) is 4.24. The van der Waals surface area contributed by atoms with Crippen LogP contribution in [-0.4, -0.2) is 12.5 Å². The summed E-state index contributed by atoms with van der Waals surface area (Å²) < 4.78 is 5.94. The smallest absolute Gasteiger partial charge is 0.217 e. The van der Waals surface area contributed by atoms with E-state index in [0.29, 0.717) is 12.5 Å². The molecule has 2 atom stereocenters. The van der Waals surface area contributed by atoms with Crippen LogP contribution in [0.5, 0.6) is 5.75 Å². The van der Waals surface area contributed by atoms with Gasteiger partial charge >= 0.3 is 0 Å². The van der Waals surface area contributed by atoms with Gasteiger partial charge in [-0.2, -0.15) is 0 Å². The maximum absolute atomic E-state index is 11.5. The van der Waals surface area contributed by atoms with Crippen molar-refractivity contribution < 1.29 is 9.53 Å². The van der Waals surface area contributed by atoms with Crippen molar-refractivity contribution in [3.63, 3.8) is 0 Å². The lowest BCUT2D eigenvalue weighted by Gasteiger charge is -2.31. The van der Waals surface area contributed by atoms with E-state index in [9.17, 15) is 4.79 Å². The lowest BCUT2D eigenvalue weighted by Crippen LogP contribution is -2.31. The summed E-state index contributed by atoms with van der Waals surface area (Å²) >= 11 is 0. The van der Waals surface area contributed by atoms with Crippen molar-refractivity contribution in [3.8, 4) is 5.75 Å². The predicted molar refractivity (Wildman–Crippen MR) is 89.0 cm³/mol. The minimum Gasteiger partial charge on any atom is -0.493 e. The lowest BCUT2D eigenvalue weighted by molar-refractivity contribution is -0.119. The SMILES string of the molecule is CCCC(N)c1cc(C(C)C)cc2c1OCCC2NC(C)=O. The highest BCUT2D eigenvalue weighted by Gasteiger charge is 2.27.